The van der Waals surface area contributed by atoms with Crippen molar-refractivity contribution in [3.8, 4) is 0 Å². The summed E-state index contributed by atoms with van der Waals surface area (Å²) in [5.41, 5.74) is 2.46. The number of likely N-dealkylation sites (N-methyl/N-ethyl adjacent to an activating group) is 1. The zero-order chi connectivity index (χ0) is 14.2. The number of ether oxygens (including phenoxy) is 1. The van der Waals surface area contributed by atoms with Gasteiger partial charge in [-0.05, 0) is 79.1 Å². The van der Waals surface area contributed by atoms with Crippen molar-refractivity contribution in [3.63, 3.8) is 0 Å². The molecule has 0 N–H and O–H groups in total. The number of halogens is 1. The summed E-state index contributed by atoms with van der Waals surface area (Å²) in [6, 6.07) is 0.255. The van der Waals surface area contributed by atoms with Gasteiger partial charge in [0, 0.05) is 13.1 Å². The van der Waals surface area contributed by atoms with Crippen molar-refractivity contribution in [2.75, 3.05) is 7.05 Å². The summed E-state index contributed by atoms with van der Waals surface area (Å²) < 4.78 is 6.80. The molecule has 0 bridgehead atoms. The van der Waals surface area contributed by atoms with Crippen LogP contribution in [0, 0.1) is 2.88 Å². The molecule has 1 aliphatic rings. The number of amides is 1. The predicted molar refractivity (Wildman–Crippen MR) is 86.8 cm³/mol. The zero-order valence-electron chi connectivity index (χ0n) is 11.8. The van der Waals surface area contributed by atoms with E-state index in [1.807, 2.05) is 27.8 Å². The second-order valence-electron chi connectivity index (χ2n) is 6.00. The van der Waals surface area contributed by atoms with E-state index in [-0.39, 0.29) is 12.1 Å². The standard InChI is InChI=1S/C14H20INO2S/c1-14(2,3)18-13(17)16(4)10-6-5-9-8-19-12(15)11(9)7-10/h8,10H,5-7H2,1-4H3. The molecule has 0 aliphatic heterocycles. The number of rotatable bonds is 1. The number of hydrogen-bond acceptors (Lipinski definition) is 3. The molecule has 0 saturated carbocycles. The van der Waals surface area contributed by atoms with Gasteiger partial charge in [0.15, 0.2) is 0 Å². The first-order valence-corrected chi connectivity index (χ1v) is 8.44. The van der Waals surface area contributed by atoms with Gasteiger partial charge in [-0.3, -0.25) is 0 Å². The molecule has 2 rings (SSSR count). The number of fused-ring (bicyclic) bond motifs is 1. The van der Waals surface area contributed by atoms with Gasteiger partial charge in [-0.25, -0.2) is 4.79 Å². The first kappa shape index (κ1) is 15.1. The van der Waals surface area contributed by atoms with Gasteiger partial charge < -0.3 is 9.64 Å². The van der Waals surface area contributed by atoms with Crippen LogP contribution in [0.5, 0.6) is 0 Å². The molecule has 1 atom stereocenters. The van der Waals surface area contributed by atoms with E-state index in [4.69, 9.17) is 4.74 Å². The molecule has 3 nitrogen and oxygen atoms in total. The SMILES string of the molecule is CN(C(=O)OC(C)(C)C)C1CCc2csc(I)c2C1. The third-order valence-corrected chi connectivity index (χ3v) is 5.61. The van der Waals surface area contributed by atoms with Crippen molar-refractivity contribution in [3.05, 3.63) is 19.4 Å². The van der Waals surface area contributed by atoms with Gasteiger partial charge in [0.05, 0.1) is 2.88 Å². The van der Waals surface area contributed by atoms with Crippen LogP contribution in [0.1, 0.15) is 38.3 Å². The van der Waals surface area contributed by atoms with E-state index in [0.29, 0.717) is 0 Å². The highest BCUT2D eigenvalue weighted by Gasteiger charge is 2.29. The number of aryl methyl sites for hydroxylation is 1. The summed E-state index contributed by atoms with van der Waals surface area (Å²) in [6.07, 6.45) is 2.82. The lowest BCUT2D eigenvalue weighted by atomic mass is 9.91. The Morgan fingerprint density at radius 1 is 1.53 bits per heavy atom. The molecule has 0 fully saturated rings. The quantitative estimate of drug-likeness (QED) is 0.673. The van der Waals surface area contributed by atoms with Crippen LogP contribution < -0.4 is 0 Å². The largest absolute Gasteiger partial charge is 0.444 e. The predicted octanol–water partition coefficient (Wildman–Crippen LogP) is 4.08. The average molecular weight is 393 g/mol. The molecule has 19 heavy (non-hydrogen) atoms. The van der Waals surface area contributed by atoms with Gasteiger partial charge in [-0.2, -0.15) is 0 Å². The fourth-order valence-electron chi connectivity index (χ4n) is 2.29. The van der Waals surface area contributed by atoms with E-state index in [2.05, 4.69) is 28.0 Å². The van der Waals surface area contributed by atoms with Gasteiger partial charge in [0.1, 0.15) is 5.60 Å². The number of carbonyl (C=O) groups excluding carboxylic acids is 1. The molecule has 1 aromatic heterocycles. The summed E-state index contributed by atoms with van der Waals surface area (Å²) in [4.78, 5) is 13.9. The molecule has 0 spiro atoms. The number of nitrogens with zero attached hydrogens (tertiary/aromatic N) is 1. The van der Waals surface area contributed by atoms with Crippen LogP contribution >= 0.6 is 33.9 Å². The Balaban J connectivity index is 2.04. The van der Waals surface area contributed by atoms with Crippen LogP contribution in [-0.4, -0.2) is 29.7 Å². The number of hydrogen-bond donors (Lipinski definition) is 0. The molecule has 0 radical (unpaired) electrons. The Labute approximate surface area is 132 Å². The van der Waals surface area contributed by atoms with Crippen LogP contribution in [0.15, 0.2) is 5.38 Å². The summed E-state index contributed by atoms with van der Waals surface area (Å²) in [7, 11) is 1.85. The minimum atomic E-state index is -0.429. The number of thiophene rings is 1. The van der Waals surface area contributed by atoms with Gasteiger partial charge in [-0.15, -0.1) is 11.3 Å². The molecule has 1 aliphatic carbocycles. The Morgan fingerprint density at radius 2 is 2.21 bits per heavy atom. The smallest absolute Gasteiger partial charge is 0.410 e. The highest BCUT2D eigenvalue weighted by Crippen LogP contribution is 2.32. The maximum Gasteiger partial charge on any atom is 0.410 e. The van der Waals surface area contributed by atoms with Crippen molar-refractivity contribution in [2.24, 2.45) is 0 Å². The zero-order valence-corrected chi connectivity index (χ0v) is 14.8. The Kier molecular flexibility index (Phi) is 4.45. The van der Waals surface area contributed by atoms with Crippen LogP contribution in [0.25, 0.3) is 0 Å². The van der Waals surface area contributed by atoms with E-state index in [1.165, 1.54) is 14.0 Å². The van der Waals surface area contributed by atoms with Gasteiger partial charge in [0.2, 0.25) is 0 Å². The van der Waals surface area contributed by atoms with Crippen LogP contribution in [0.2, 0.25) is 0 Å². The summed E-state index contributed by atoms with van der Waals surface area (Å²) >= 11 is 4.20. The summed E-state index contributed by atoms with van der Waals surface area (Å²) in [5, 5.41) is 2.25. The first-order valence-electron chi connectivity index (χ1n) is 6.48. The topological polar surface area (TPSA) is 29.5 Å². The van der Waals surface area contributed by atoms with Crippen molar-refractivity contribution in [1.29, 1.82) is 0 Å². The Morgan fingerprint density at radius 3 is 2.84 bits per heavy atom. The molecule has 1 aromatic rings. The Bertz CT molecular complexity index is 478. The number of carbonyl (C=O) groups is 1. The van der Waals surface area contributed by atoms with E-state index < -0.39 is 5.60 Å². The lowest BCUT2D eigenvalue weighted by Crippen LogP contribution is -2.43. The average Bonchev–Trinajstić information content (AvgIpc) is 2.67. The third kappa shape index (κ3) is 3.62. The molecule has 1 amide bonds. The minimum absolute atomic E-state index is 0.216. The van der Waals surface area contributed by atoms with Crippen molar-refractivity contribution in [1.82, 2.24) is 4.90 Å². The highest BCUT2D eigenvalue weighted by molar-refractivity contribution is 14.1. The normalized spacial score (nSPS) is 18.9. The maximum atomic E-state index is 12.1. The summed E-state index contributed by atoms with van der Waals surface area (Å²) in [6.45, 7) is 5.71. The molecule has 106 valence electrons. The maximum absolute atomic E-state index is 12.1. The molecule has 0 aromatic carbocycles. The molecular weight excluding hydrogens is 373 g/mol. The lowest BCUT2D eigenvalue weighted by molar-refractivity contribution is 0.0210. The van der Waals surface area contributed by atoms with Gasteiger partial charge in [0.25, 0.3) is 0 Å². The van der Waals surface area contributed by atoms with E-state index in [0.717, 1.165) is 19.3 Å². The van der Waals surface area contributed by atoms with E-state index in [9.17, 15) is 4.79 Å². The second-order valence-corrected chi connectivity index (χ2v) is 8.69. The van der Waals surface area contributed by atoms with Crippen molar-refractivity contribution >= 4 is 40.0 Å². The van der Waals surface area contributed by atoms with Crippen molar-refractivity contribution in [2.45, 2.75) is 51.7 Å². The first-order chi connectivity index (χ1) is 8.78. The van der Waals surface area contributed by atoms with E-state index in [1.54, 1.807) is 16.2 Å². The molecule has 5 heteroatoms. The van der Waals surface area contributed by atoms with E-state index >= 15 is 0 Å². The minimum Gasteiger partial charge on any atom is -0.444 e. The second kappa shape index (κ2) is 5.60. The molecule has 1 unspecified atom stereocenters. The van der Waals surface area contributed by atoms with Crippen molar-refractivity contribution < 1.29 is 9.53 Å². The van der Waals surface area contributed by atoms with Crippen LogP contribution in [-0.2, 0) is 17.6 Å². The van der Waals surface area contributed by atoms with Crippen LogP contribution in [0.4, 0.5) is 4.79 Å². The monoisotopic (exact) mass is 393 g/mol. The van der Waals surface area contributed by atoms with Gasteiger partial charge >= 0.3 is 6.09 Å². The lowest BCUT2D eigenvalue weighted by Gasteiger charge is -2.33. The fourth-order valence-corrected chi connectivity index (χ4v) is 4.10. The van der Waals surface area contributed by atoms with Crippen LogP contribution in [0.3, 0.4) is 0 Å². The molecule has 1 heterocycles. The highest BCUT2D eigenvalue weighted by atomic mass is 127. The molecular formula is C14H20INO2S. The van der Waals surface area contributed by atoms with Gasteiger partial charge in [-0.1, -0.05) is 0 Å². The third-order valence-electron chi connectivity index (χ3n) is 3.35. The summed E-state index contributed by atoms with van der Waals surface area (Å²) in [5.74, 6) is 0. The Hall–Kier alpha value is -0.300. The molecule has 0 saturated heterocycles. The fraction of sp³-hybridized carbons (Fsp3) is 0.643.